The van der Waals surface area contributed by atoms with E-state index in [0.29, 0.717) is 0 Å². The number of aliphatic hydroxyl groups excluding tert-OH is 1. The third-order valence-corrected chi connectivity index (χ3v) is 1.89. The molecular formula is C11H13NO. The van der Waals surface area contributed by atoms with Gasteiger partial charge in [-0.3, -0.25) is 0 Å². The van der Waals surface area contributed by atoms with Crippen LogP contribution in [0.2, 0.25) is 0 Å². The maximum absolute atomic E-state index is 9.62. The Labute approximate surface area is 78.4 Å². The SMILES string of the molecule is C#Cc1cccc(C(O)C(C)N)c1. The van der Waals surface area contributed by atoms with E-state index >= 15 is 0 Å². The van der Waals surface area contributed by atoms with Gasteiger partial charge in [0.05, 0.1) is 6.10 Å². The van der Waals surface area contributed by atoms with Crippen molar-refractivity contribution in [2.45, 2.75) is 19.1 Å². The highest BCUT2D eigenvalue weighted by molar-refractivity contribution is 5.36. The lowest BCUT2D eigenvalue weighted by Crippen LogP contribution is -2.24. The van der Waals surface area contributed by atoms with E-state index in [2.05, 4.69) is 5.92 Å². The smallest absolute Gasteiger partial charge is 0.0938 e. The first kappa shape index (κ1) is 9.79. The van der Waals surface area contributed by atoms with Gasteiger partial charge in [0.25, 0.3) is 0 Å². The summed E-state index contributed by atoms with van der Waals surface area (Å²) < 4.78 is 0. The van der Waals surface area contributed by atoms with Crippen molar-refractivity contribution in [3.63, 3.8) is 0 Å². The average molecular weight is 175 g/mol. The van der Waals surface area contributed by atoms with Crippen LogP contribution in [0.3, 0.4) is 0 Å². The first-order valence-electron chi connectivity index (χ1n) is 4.15. The van der Waals surface area contributed by atoms with Crippen molar-refractivity contribution in [1.29, 1.82) is 0 Å². The van der Waals surface area contributed by atoms with Gasteiger partial charge in [-0.15, -0.1) is 6.42 Å². The summed E-state index contributed by atoms with van der Waals surface area (Å²) in [5.41, 5.74) is 7.09. The molecule has 3 N–H and O–H groups in total. The Kier molecular flexibility index (Phi) is 3.07. The standard InChI is InChI=1S/C11H13NO/c1-3-9-5-4-6-10(7-9)11(13)8(2)12/h1,4-8,11,13H,12H2,2H3. The van der Waals surface area contributed by atoms with Crippen molar-refractivity contribution in [3.8, 4) is 12.3 Å². The third kappa shape index (κ3) is 2.32. The van der Waals surface area contributed by atoms with Crippen molar-refractivity contribution < 1.29 is 5.11 Å². The Balaban J connectivity index is 2.96. The van der Waals surface area contributed by atoms with Crippen LogP contribution < -0.4 is 5.73 Å². The van der Waals surface area contributed by atoms with Crippen LogP contribution in [0, 0.1) is 12.3 Å². The molecule has 0 radical (unpaired) electrons. The maximum Gasteiger partial charge on any atom is 0.0938 e. The van der Waals surface area contributed by atoms with Gasteiger partial charge in [-0.1, -0.05) is 18.1 Å². The fourth-order valence-corrected chi connectivity index (χ4v) is 1.12. The molecule has 0 aliphatic heterocycles. The minimum Gasteiger partial charge on any atom is -0.387 e. The lowest BCUT2D eigenvalue weighted by molar-refractivity contribution is 0.153. The summed E-state index contributed by atoms with van der Waals surface area (Å²) in [7, 11) is 0. The van der Waals surface area contributed by atoms with E-state index in [0.717, 1.165) is 11.1 Å². The van der Waals surface area contributed by atoms with Gasteiger partial charge in [-0.25, -0.2) is 0 Å². The summed E-state index contributed by atoms with van der Waals surface area (Å²) in [6.45, 7) is 1.76. The summed E-state index contributed by atoms with van der Waals surface area (Å²) in [5, 5.41) is 9.62. The van der Waals surface area contributed by atoms with E-state index < -0.39 is 6.10 Å². The van der Waals surface area contributed by atoms with E-state index in [4.69, 9.17) is 12.2 Å². The molecule has 0 fully saturated rings. The molecule has 0 aromatic heterocycles. The normalized spacial score (nSPS) is 14.6. The molecule has 1 rings (SSSR count). The van der Waals surface area contributed by atoms with E-state index in [1.165, 1.54) is 0 Å². The van der Waals surface area contributed by atoms with Gasteiger partial charge in [-0.05, 0) is 24.6 Å². The molecule has 1 aromatic carbocycles. The molecule has 0 saturated carbocycles. The van der Waals surface area contributed by atoms with E-state index in [9.17, 15) is 5.11 Å². The third-order valence-electron chi connectivity index (χ3n) is 1.89. The van der Waals surface area contributed by atoms with Crippen molar-refractivity contribution in [1.82, 2.24) is 0 Å². The number of aliphatic hydroxyl groups is 1. The van der Waals surface area contributed by atoms with Crippen molar-refractivity contribution in [2.24, 2.45) is 5.73 Å². The van der Waals surface area contributed by atoms with E-state index in [1.807, 2.05) is 18.2 Å². The Hall–Kier alpha value is -1.30. The van der Waals surface area contributed by atoms with Crippen LogP contribution in [0.1, 0.15) is 24.2 Å². The second-order valence-electron chi connectivity index (χ2n) is 3.07. The number of benzene rings is 1. The summed E-state index contributed by atoms with van der Waals surface area (Å²) in [5.74, 6) is 2.51. The molecule has 2 heteroatoms. The monoisotopic (exact) mass is 175 g/mol. The Morgan fingerprint density at radius 1 is 1.54 bits per heavy atom. The van der Waals surface area contributed by atoms with Crippen LogP contribution in [-0.4, -0.2) is 11.1 Å². The lowest BCUT2D eigenvalue weighted by atomic mass is 10.0. The van der Waals surface area contributed by atoms with Crippen LogP contribution in [0.5, 0.6) is 0 Å². The molecule has 2 atom stereocenters. The van der Waals surface area contributed by atoms with E-state index in [-0.39, 0.29) is 6.04 Å². The molecule has 1 aromatic rings. The van der Waals surface area contributed by atoms with Gasteiger partial charge < -0.3 is 10.8 Å². The largest absolute Gasteiger partial charge is 0.387 e. The topological polar surface area (TPSA) is 46.2 Å². The first-order chi connectivity index (χ1) is 6.15. The van der Waals surface area contributed by atoms with Crippen LogP contribution >= 0.6 is 0 Å². The molecule has 0 heterocycles. The zero-order valence-electron chi connectivity index (χ0n) is 7.57. The Bertz CT molecular complexity index is 325. The quantitative estimate of drug-likeness (QED) is 0.660. The summed E-state index contributed by atoms with van der Waals surface area (Å²) in [6.07, 6.45) is 4.59. The minimum absolute atomic E-state index is 0.284. The van der Waals surface area contributed by atoms with Crippen molar-refractivity contribution >= 4 is 0 Å². The zero-order chi connectivity index (χ0) is 9.84. The molecule has 2 nitrogen and oxygen atoms in total. The fourth-order valence-electron chi connectivity index (χ4n) is 1.12. The van der Waals surface area contributed by atoms with Gasteiger partial charge in [0.2, 0.25) is 0 Å². The molecule has 0 saturated heterocycles. The van der Waals surface area contributed by atoms with Crippen LogP contribution in [0.25, 0.3) is 0 Å². The predicted molar refractivity (Wildman–Crippen MR) is 53.0 cm³/mol. The summed E-state index contributed by atoms with van der Waals surface area (Å²) in [6, 6.07) is 6.93. The molecule has 13 heavy (non-hydrogen) atoms. The van der Waals surface area contributed by atoms with E-state index in [1.54, 1.807) is 13.0 Å². The minimum atomic E-state index is -0.645. The van der Waals surface area contributed by atoms with Gasteiger partial charge in [0.1, 0.15) is 0 Å². The molecular weight excluding hydrogens is 162 g/mol. The molecule has 2 unspecified atom stereocenters. The molecule has 0 aliphatic rings. The van der Waals surface area contributed by atoms with Gasteiger partial charge in [-0.2, -0.15) is 0 Å². The van der Waals surface area contributed by atoms with Crippen molar-refractivity contribution in [2.75, 3.05) is 0 Å². The number of hydrogen-bond donors (Lipinski definition) is 2. The molecule has 0 aliphatic carbocycles. The van der Waals surface area contributed by atoms with Gasteiger partial charge in [0.15, 0.2) is 0 Å². The van der Waals surface area contributed by atoms with Crippen LogP contribution in [0.4, 0.5) is 0 Å². The summed E-state index contributed by atoms with van der Waals surface area (Å²) in [4.78, 5) is 0. The second kappa shape index (κ2) is 4.08. The van der Waals surface area contributed by atoms with Gasteiger partial charge in [0, 0.05) is 11.6 Å². The second-order valence-corrected chi connectivity index (χ2v) is 3.07. The predicted octanol–water partition coefficient (Wildman–Crippen LogP) is 1.05. The number of nitrogens with two attached hydrogens (primary N) is 1. The molecule has 68 valence electrons. The molecule has 0 spiro atoms. The average Bonchev–Trinajstić information content (AvgIpc) is 2.16. The number of hydrogen-bond acceptors (Lipinski definition) is 2. The highest BCUT2D eigenvalue weighted by Gasteiger charge is 2.11. The van der Waals surface area contributed by atoms with Crippen molar-refractivity contribution in [3.05, 3.63) is 35.4 Å². The summed E-state index contributed by atoms with van der Waals surface area (Å²) >= 11 is 0. The van der Waals surface area contributed by atoms with Gasteiger partial charge >= 0.3 is 0 Å². The molecule has 0 bridgehead atoms. The number of terminal acetylenes is 1. The fraction of sp³-hybridized carbons (Fsp3) is 0.273. The first-order valence-corrected chi connectivity index (χ1v) is 4.15. The lowest BCUT2D eigenvalue weighted by Gasteiger charge is -2.14. The number of rotatable bonds is 2. The molecule has 0 amide bonds. The Morgan fingerprint density at radius 2 is 2.23 bits per heavy atom. The van der Waals surface area contributed by atoms with Crippen LogP contribution in [-0.2, 0) is 0 Å². The highest BCUT2D eigenvalue weighted by Crippen LogP contribution is 2.16. The van der Waals surface area contributed by atoms with Crippen LogP contribution in [0.15, 0.2) is 24.3 Å². The highest BCUT2D eigenvalue weighted by atomic mass is 16.3. The Morgan fingerprint density at radius 3 is 2.77 bits per heavy atom. The zero-order valence-corrected chi connectivity index (χ0v) is 7.57. The maximum atomic E-state index is 9.62.